The molecular formula is C21H20ClN3O2. The molecule has 3 rings (SSSR count). The van der Waals surface area contributed by atoms with Crippen molar-refractivity contribution in [2.24, 2.45) is 0 Å². The highest BCUT2D eigenvalue weighted by atomic mass is 35.5. The Morgan fingerprint density at radius 2 is 1.81 bits per heavy atom. The summed E-state index contributed by atoms with van der Waals surface area (Å²) in [4.78, 5) is 25.1. The first-order valence-corrected chi connectivity index (χ1v) is 9.09. The average molecular weight is 382 g/mol. The van der Waals surface area contributed by atoms with Gasteiger partial charge >= 0.3 is 0 Å². The minimum Gasteiger partial charge on any atom is -0.323 e. The molecule has 0 aliphatic carbocycles. The molecule has 0 unspecified atom stereocenters. The van der Waals surface area contributed by atoms with Crippen molar-refractivity contribution in [2.45, 2.75) is 26.3 Å². The highest BCUT2D eigenvalue weighted by Crippen LogP contribution is 2.23. The molecular weight excluding hydrogens is 362 g/mol. The Morgan fingerprint density at radius 3 is 2.48 bits per heavy atom. The summed E-state index contributed by atoms with van der Waals surface area (Å²) < 4.78 is 1.24. The van der Waals surface area contributed by atoms with Crippen LogP contribution in [0.2, 0.25) is 5.02 Å². The lowest BCUT2D eigenvalue weighted by molar-refractivity contribution is -0.119. The van der Waals surface area contributed by atoms with Crippen molar-refractivity contribution in [3.8, 4) is 11.3 Å². The topological polar surface area (TPSA) is 64.0 Å². The van der Waals surface area contributed by atoms with Crippen LogP contribution in [0.3, 0.4) is 0 Å². The number of hydrogen-bond donors (Lipinski definition) is 1. The van der Waals surface area contributed by atoms with E-state index in [1.807, 2.05) is 38.1 Å². The van der Waals surface area contributed by atoms with Gasteiger partial charge in [0, 0.05) is 11.6 Å². The lowest BCUT2D eigenvalue weighted by Gasteiger charge is -2.18. The summed E-state index contributed by atoms with van der Waals surface area (Å²) in [5.41, 5.74) is 2.84. The van der Waals surface area contributed by atoms with Gasteiger partial charge in [0.25, 0.3) is 5.56 Å². The van der Waals surface area contributed by atoms with Crippen molar-refractivity contribution in [3.05, 3.63) is 81.6 Å². The zero-order valence-corrected chi connectivity index (χ0v) is 15.9. The molecule has 0 radical (unpaired) electrons. The third-order valence-corrected chi connectivity index (χ3v) is 4.62. The van der Waals surface area contributed by atoms with E-state index in [2.05, 4.69) is 10.4 Å². The second kappa shape index (κ2) is 8.18. The Kier molecular flexibility index (Phi) is 5.72. The summed E-state index contributed by atoms with van der Waals surface area (Å²) >= 11 is 6.11. The standard InChI is InChI=1S/C21H20ClN3O2/c1-3-19(21(27)23-18-7-5-4-6-16(18)22)25-20(26)13-12-17(24-25)15-10-8-14(2)9-11-15/h4-13,19H,3H2,1-2H3,(H,23,27)/t19-/m1/s1. The van der Waals surface area contributed by atoms with Crippen molar-refractivity contribution >= 4 is 23.2 Å². The fourth-order valence-electron chi connectivity index (χ4n) is 2.77. The zero-order chi connectivity index (χ0) is 19.4. The van der Waals surface area contributed by atoms with Crippen LogP contribution >= 0.6 is 11.6 Å². The van der Waals surface area contributed by atoms with Crippen LogP contribution < -0.4 is 10.9 Å². The molecule has 0 aliphatic heterocycles. The number of benzene rings is 2. The summed E-state index contributed by atoms with van der Waals surface area (Å²) in [6.45, 7) is 3.84. The molecule has 1 amide bonds. The van der Waals surface area contributed by atoms with Gasteiger partial charge in [0.2, 0.25) is 5.91 Å². The molecule has 27 heavy (non-hydrogen) atoms. The number of carbonyl (C=O) groups excluding carboxylic acids is 1. The highest BCUT2D eigenvalue weighted by molar-refractivity contribution is 6.33. The Bertz CT molecular complexity index is 1010. The average Bonchev–Trinajstić information content (AvgIpc) is 2.66. The van der Waals surface area contributed by atoms with Gasteiger partial charge in [-0.3, -0.25) is 9.59 Å². The SMILES string of the molecule is CC[C@H](C(=O)Nc1ccccc1Cl)n1nc(-c2ccc(C)cc2)ccc1=O. The fourth-order valence-corrected chi connectivity index (χ4v) is 2.96. The lowest BCUT2D eigenvalue weighted by Crippen LogP contribution is -2.34. The van der Waals surface area contributed by atoms with Gasteiger partial charge < -0.3 is 5.32 Å². The van der Waals surface area contributed by atoms with Gasteiger partial charge in [0.15, 0.2) is 0 Å². The molecule has 0 fully saturated rings. The number of halogens is 1. The van der Waals surface area contributed by atoms with Crippen molar-refractivity contribution in [1.29, 1.82) is 0 Å². The Balaban J connectivity index is 1.93. The Morgan fingerprint density at radius 1 is 1.11 bits per heavy atom. The first-order valence-electron chi connectivity index (χ1n) is 8.72. The van der Waals surface area contributed by atoms with Crippen molar-refractivity contribution in [1.82, 2.24) is 9.78 Å². The summed E-state index contributed by atoms with van der Waals surface area (Å²) in [5.74, 6) is -0.332. The minimum atomic E-state index is -0.737. The molecule has 138 valence electrons. The first-order chi connectivity index (χ1) is 13.0. The predicted molar refractivity (Wildman–Crippen MR) is 108 cm³/mol. The molecule has 0 aliphatic rings. The number of aryl methyl sites for hydroxylation is 1. The number of aromatic nitrogens is 2. The van der Waals surface area contributed by atoms with Crippen LogP contribution in [-0.4, -0.2) is 15.7 Å². The number of anilines is 1. The number of hydrogen-bond acceptors (Lipinski definition) is 3. The minimum absolute atomic E-state index is 0.327. The Labute approximate surface area is 162 Å². The van der Waals surface area contributed by atoms with Crippen molar-refractivity contribution in [3.63, 3.8) is 0 Å². The molecule has 0 saturated heterocycles. The monoisotopic (exact) mass is 381 g/mol. The summed E-state index contributed by atoms with van der Waals surface area (Å²) in [5, 5.41) is 7.66. The van der Waals surface area contributed by atoms with Gasteiger partial charge in [-0.1, -0.05) is 60.5 Å². The molecule has 1 atom stereocenters. The zero-order valence-electron chi connectivity index (χ0n) is 15.1. The molecule has 1 heterocycles. The second-order valence-corrected chi connectivity index (χ2v) is 6.67. The summed E-state index contributed by atoms with van der Waals surface area (Å²) in [6, 6.07) is 17.2. The normalized spacial score (nSPS) is 11.8. The maximum Gasteiger partial charge on any atom is 0.267 e. The second-order valence-electron chi connectivity index (χ2n) is 6.26. The molecule has 1 aromatic heterocycles. The molecule has 0 spiro atoms. The maximum absolute atomic E-state index is 12.8. The van der Waals surface area contributed by atoms with Crippen LogP contribution in [0.1, 0.15) is 24.9 Å². The predicted octanol–water partition coefficient (Wildman–Crippen LogP) is 4.46. The number of nitrogens with one attached hydrogen (secondary N) is 1. The molecule has 5 nitrogen and oxygen atoms in total. The van der Waals surface area contributed by atoms with Gasteiger partial charge in [-0.05, 0) is 31.5 Å². The van der Waals surface area contributed by atoms with Gasteiger partial charge in [-0.25, -0.2) is 4.68 Å². The molecule has 2 aromatic carbocycles. The maximum atomic E-state index is 12.8. The highest BCUT2D eigenvalue weighted by Gasteiger charge is 2.22. The molecule has 6 heteroatoms. The van der Waals surface area contributed by atoms with Gasteiger partial charge in [-0.15, -0.1) is 0 Å². The van der Waals surface area contributed by atoms with E-state index in [4.69, 9.17) is 11.6 Å². The summed E-state index contributed by atoms with van der Waals surface area (Å²) in [7, 11) is 0. The Hall–Kier alpha value is -2.92. The van der Waals surface area contributed by atoms with Crippen LogP contribution in [0.25, 0.3) is 11.3 Å². The van der Waals surface area contributed by atoms with Crippen LogP contribution in [0.4, 0.5) is 5.69 Å². The van der Waals surface area contributed by atoms with Crippen LogP contribution in [0.5, 0.6) is 0 Å². The van der Waals surface area contributed by atoms with E-state index in [0.717, 1.165) is 11.1 Å². The first kappa shape index (κ1) is 18.9. The van der Waals surface area contributed by atoms with Crippen LogP contribution in [0.15, 0.2) is 65.5 Å². The van der Waals surface area contributed by atoms with E-state index in [0.29, 0.717) is 22.8 Å². The van der Waals surface area contributed by atoms with Gasteiger partial charge in [0.1, 0.15) is 6.04 Å². The van der Waals surface area contributed by atoms with E-state index < -0.39 is 6.04 Å². The number of para-hydroxylation sites is 1. The van der Waals surface area contributed by atoms with Crippen LogP contribution in [-0.2, 0) is 4.79 Å². The van der Waals surface area contributed by atoms with Crippen molar-refractivity contribution < 1.29 is 4.79 Å². The van der Waals surface area contributed by atoms with E-state index in [1.165, 1.54) is 10.7 Å². The fraction of sp³-hybridized carbons (Fsp3) is 0.190. The third kappa shape index (κ3) is 4.26. The third-order valence-electron chi connectivity index (χ3n) is 4.29. The van der Waals surface area contributed by atoms with Gasteiger partial charge in [0.05, 0.1) is 16.4 Å². The molecule has 0 bridgehead atoms. The molecule has 3 aromatic rings. The molecule has 1 N–H and O–H groups in total. The number of amides is 1. The van der Waals surface area contributed by atoms with Crippen LogP contribution in [0, 0.1) is 6.92 Å². The van der Waals surface area contributed by atoms with Gasteiger partial charge in [-0.2, -0.15) is 5.10 Å². The molecule has 0 saturated carbocycles. The quantitative estimate of drug-likeness (QED) is 0.709. The number of rotatable bonds is 5. The van der Waals surface area contributed by atoms with Crippen molar-refractivity contribution in [2.75, 3.05) is 5.32 Å². The number of nitrogens with zero attached hydrogens (tertiary/aromatic N) is 2. The number of carbonyl (C=O) groups is 1. The van der Waals surface area contributed by atoms with E-state index >= 15 is 0 Å². The lowest BCUT2D eigenvalue weighted by atomic mass is 10.1. The smallest absolute Gasteiger partial charge is 0.267 e. The van der Waals surface area contributed by atoms with E-state index in [9.17, 15) is 9.59 Å². The van der Waals surface area contributed by atoms with E-state index in [1.54, 1.807) is 30.3 Å². The largest absolute Gasteiger partial charge is 0.323 e. The summed E-state index contributed by atoms with van der Waals surface area (Å²) in [6.07, 6.45) is 0.417. The van der Waals surface area contributed by atoms with E-state index in [-0.39, 0.29) is 11.5 Å².